The van der Waals surface area contributed by atoms with Crippen molar-refractivity contribution in [1.82, 2.24) is 9.97 Å². The Labute approximate surface area is 117 Å². The highest BCUT2D eigenvalue weighted by atomic mass is 35.5. The Bertz CT molecular complexity index is 575. The average Bonchev–Trinajstić information content (AvgIpc) is 2.24. The highest BCUT2D eigenvalue weighted by molar-refractivity contribution is 6.34. The third kappa shape index (κ3) is 2.36. The standard InChI is InChI=1S/C14H14Cl2N2/c1-7-5-8(2)11(9(3)6-7)14-17-12(15)10(4)13(16)18-14/h5-6H,1-4H3. The van der Waals surface area contributed by atoms with E-state index in [-0.39, 0.29) is 0 Å². The summed E-state index contributed by atoms with van der Waals surface area (Å²) in [6.07, 6.45) is 0. The number of halogens is 2. The Morgan fingerprint density at radius 1 is 0.833 bits per heavy atom. The Kier molecular flexibility index (Phi) is 3.60. The molecule has 0 amide bonds. The highest BCUT2D eigenvalue weighted by Crippen LogP contribution is 2.29. The summed E-state index contributed by atoms with van der Waals surface area (Å²) in [5.74, 6) is 0.589. The van der Waals surface area contributed by atoms with Gasteiger partial charge in [-0.25, -0.2) is 9.97 Å². The van der Waals surface area contributed by atoms with Crippen LogP contribution in [0, 0.1) is 27.7 Å². The lowest BCUT2D eigenvalue weighted by Crippen LogP contribution is -1.98. The molecular weight excluding hydrogens is 267 g/mol. The second-order valence-electron chi connectivity index (χ2n) is 4.53. The summed E-state index contributed by atoms with van der Waals surface area (Å²) in [7, 11) is 0. The predicted molar refractivity (Wildman–Crippen MR) is 76.4 cm³/mol. The molecule has 2 nitrogen and oxygen atoms in total. The Balaban J connectivity index is 2.70. The van der Waals surface area contributed by atoms with E-state index in [9.17, 15) is 0 Å². The quantitative estimate of drug-likeness (QED) is 0.709. The maximum atomic E-state index is 6.07. The third-order valence-electron chi connectivity index (χ3n) is 2.93. The minimum absolute atomic E-state index is 0.407. The van der Waals surface area contributed by atoms with Crippen LogP contribution in [0.25, 0.3) is 11.4 Å². The molecule has 0 aliphatic heterocycles. The first-order valence-corrected chi connectivity index (χ1v) is 6.43. The van der Waals surface area contributed by atoms with E-state index < -0.39 is 0 Å². The smallest absolute Gasteiger partial charge is 0.163 e. The number of aryl methyl sites for hydroxylation is 3. The van der Waals surface area contributed by atoms with E-state index in [2.05, 4.69) is 29.0 Å². The number of hydrogen-bond donors (Lipinski definition) is 0. The van der Waals surface area contributed by atoms with E-state index in [1.807, 2.05) is 20.8 Å². The molecule has 18 heavy (non-hydrogen) atoms. The first kappa shape index (κ1) is 13.3. The molecular formula is C14H14Cl2N2. The van der Waals surface area contributed by atoms with Crippen LogP contribution < -0.4 is 0 Å². The first-order valence-electron chi connectivity index (χ1n) is 5.68. The topological polar surface area (TPSA) is 25.8 Å². The molecule has 0 saturated carbocycles. The molecule has 0 fully saturated rings. The van der Waals surface area contributed by atoms with Crippen LogP contribution in [0.1, 0.15) is 22.3 Å². The van der Waals surface area contributed by atoms with Crippen LogP contribution in [0.4, 0.5) is 0 Å². The van der Waals surface area contributed by atoms with Crippen molar-refractivity contribution < 1.29 is 0 Å². The lowest BCUT2D eigenvalue weighted by molar-refractivity contribution is 1.12. The molecule has 0 unspecified atom stereocenters. The number of nitrogens with zero attached hydrogens (tertiary/aromatic N) is 2. The maximum absolute atomic E-state index is 6.07. The molecule has 1 heterocycles. The highest BCUT2D eigenvalue weighted by Gasteiger charge is 2.13. The van der Waals surface area contributed by atoms with Gasteiger partial charge in [0.2, 0.25) is 0 Å². The molecule has 0 saturated heterocycles. The van der Waals surface area contributed by atoms with Gasteiger partial charge in [0.1, 0.15) is 10.3 Å². The maximum Gasteiger partial charge on any atom is 0.163 e. The van der Waals surface area contributed by atoms with E-state index >= 15 is 0 Å². The van der Waals surface area contributed by atoms with Crippen molar-refractivity contribution in [1.29, 1.82) is 0 Å². The van der Waals surface area contributed by atoms with E-state index in [0.29, 0.717) is 21.7 Å². The fourth-order valence-corrected chi connectivity index (χ4v) is 2.50. The van der Waals surface area contributed by atoms with Crippen LogP contribution >= 0.6 is 23.2 Å². The van der Waals surface area contributed by atoms with Gasteiger partial charge in [0.05, 0.1) is 0 Å². The lowest BCUT2D eigenvalue weighted by atomic mass is 9.99. The number of hydrogen-bond acceptors (Lipinski definition) is 2. The number of benzene rings is 1. The second kappa shape index (κ2) is 4.87. The molecule has 0 N–H and O–H groups in total. The van der Waals surface area contributed by atoms with E-state index in [4.69, 9.17) is 23.2 Å². The molecule has 1 aromatic heterocycles. The summed E-state index contributed by atoms with van der Waals surface area (Å²) in [5, 5.41) is 0.814. The van der Waals surface area contributed by atoms with Gasteiger partial charge in [0.15, 0.2) is 5.82 Å². The molecule has 1 aromatic carbocycles. The number of aromatic nitrogens is 2. The molecule has 94 valence electrons. The molecule has 0 atom stereocenters. The number of rotatable bonds is 1. The minimum Gasteiger partial charge on any atom is -0.216 e. The van der Waals surface area contributed by atoms with E-state index in [1.54, 1.807) is 0 Å². The van der Waals surface area contributed by atoms with Crippen molar-refractivity contribution in [3.8, 4) is 11.4 Å². The summed E-state index contributed by atoms with van der Waals surface area (Å²) in [4.78, 5) is 8.65. The Hall–Kier alpha value is -1.12. The van der Waals surface area contributed by atoms with Gasteiger partial charge in [-0.15, -0.1) is 0 Å². The first-order chi connectivity index (χ1) is 8.40. The van der Waals surface area contributed by atoms with Crippen molar-refractivity contribution >= 4 is 23.2 Å². The molecule has 2 aromatic rings. The van der Waals surface area contributed by atoms with Gasteiger partial charge in [-0.3, -0.25) is 0 Å². The van der Waals surface area contributed by atoms with Gasteiger partial charge in [0.25, 0.3) is 0 Å². The van der Waals surface area contributed by atoms with Gasteiger partial charge < -0.3 is 0 Å². The van der Waals surface area contributed by atoms with Crippen LogP contribution in [0.15, 0.2) is 12.1 Å². The normalized spacial score (nSPS) is 10.8. The van der Waals surface area contributed by atoms with Crippen LogP contribution in [-0.2, 0) is 0 Å². The van der Waals surface area contributed by atoms with Gasteiger partial charge >= 0.3 is 0 Å². The predicted octanol–water partition coefficient (Wildman–Crippen LogP) is 4.68. The zero-order valence-corrected chi connectivity index (χ0v) is 12.3. The van der Waals surface area contributed by atoms with Gasteiger partial charge in [0, 0.05) is 11.1 Å². The molecule has 0 radical (unpaired) electrons. The fourth-order valence-electron chi connectivity index (χ4n) is 2.11. The van der Waals surface area contributed by atoms with Crippen LogP contribution in [0.2, 0.25) is 10.3 Å². The average molecular weight is 281 g/mol. The summed E-state index contributed by atoms with van der Waals surface area (Å²) in [6, 6.07) is 4.21. The second-order valence-corrected chi connectivity index (χ2v) is 5.24. The molecule has 0 bridgehead atoms. The molecule has 0 aliphatic carbocycles. The van der Waals surface area contributed by atoms with Crippen LogP contribution in [-0.4, -0.2) is 9.97 Å². The Morgan fingerprint density at radius 2 is 1.28 bits per heavy atom. The molecule has 0 aliphatic rings. The van der Waals surface area contributed by atoms with E-state index in [0.717, 1.165) is 16.7 Å². The van der Waals surface area contributed by atoms with Gasteiger partial charge in [-0.2, -0.15) is 0 Å². The van der Waals surface area contributed by atoms with Crippen molar-refractivity contribution in [2.24, 2.45) is 0 Å². The largest absolute Gasteiger partial charge is 0.216 e. The third-order valence-corrected chi connectivity index (χ3v) is 3.66. The lowest BCUT2D eigenvalue weighted by Gasteiger charge is -2.11. The van der Waals surface area contributed by atoms with Gasteiger partial charge in [-0.05, 0) is 38.8 Å². The van der Waals surface area contributed by atoms with Gasteiger partial charge in [-0.1, -0.05) is 40.9 Å². The zero-order valence-electron chi connectivity index (χ0n) is 10.8. The molecule has 4 heteroatoms. The van der Waals surface area contributed by atoms with Crippen molar-refractivity contribution in [2.45, 2.75) is 27.7 Å². The summed E-state index contributed by atoms with van der Waals surface area (Å²) in [5.41, 5.74) is 5.19. The SMILES string of the molecule is Cc1cc(C)c(-c2nc(Cl)c(C)c(Cl)n2)c(C)c1. The van der Waals surface area contributed by atoms with Crippen LogP contribution in [0.5, 0.6) is 0 Å². The summed E-state index contributed by atoms with van der Waals surface area (Å²) >= 11 is 12.1. The van der Waals surface area contributed by atoms with E-state index in [1.165, 1.54) is 5.56 Å². The van der Waals surface area contributed by atoms with Crippen molar-refractivity contribution in [3.05, 3.63) is 44.7 Å². The fraction of sp³-hybridized carbons (Fsp3) is 0.286. The zero-order chi connectivity index (χ0) is 13.4. The molecule has 2 rings (SSSR count). The summed E-state index contributed by atoms with van der Waals surface area (Å²) < 4.78 is 0. The van der Waals surface area contributed by atoms with Crippen LogP contribution in [0.3, 0.4) is 0 Å². The monoisotopic (exact) mass is 280 g/mol. The van der Waals surface area contributed by atoms with Crippen molar-refractivity contribution in [3.63, 3.8) is 0 Å². The molecule has 0 spiro atoms. The Morgan fingerprint density at radius 3 is 1.72 bits per heavy atom. The van der Waals surface area contributed by atoms with Crippen molar-refractivity contribution in [2.75, 3.05) is 0 Å². The summed E-state index contributed by atoms with van der Waals surface area (Å²) in [6.45, 7) is 7.96. The minimum atomic E-state index is 0.407.